The van der Waals surface area contributed by atoms with E-state index in [9.17, 15) is 13.2 Å². The number of halogens is 3. The van der Waals surface area contributed by atoms with Crippen LogP contribution in [0, 0.1) is 11.8 Å². The summed E-state index contributed by atoms with van der Waals surface area (Å²) in [6.07, 6.45) is -4.41. The molecule has 0 aromatic carbocycles. The number of aromatic nitrogens is 1. The van der Waals surface area contributed by atoms with Crippen LogP contribution in [0.4, 0.5) is 24.8 Å². The van der Waals surface area contributed by atoms with E-state index in [0.717, 1.165) is 12.1 Å². The summed E-state index contributed by atoms with van der Waals surface area (Å²) in [6.45, 7) is 9.36. The van der Waals surface area contributed by atoms with Gasteiger partial charge >= 0.3 is 6.18 Å². The summed E-state index contributed by atoms with van der Waals surface area (Å²) in [5.74, 6) is 0.838. The monoisotopic (exact) mass is 289 g/mol. The van der Waals surface area contributed by atoms with Gasteiger partial charge in [0.25, 0.3) is 0 Å². The summed E-state index contributed by atoms with van der Waals surface area (Å²) in [7, 11) is 0. The Labute approximate surface area is 118 Å². The van der Waals surface area contributed by atoms with Crippen molar-refractivity contribution in [3.05, 3.63) is 17.7 Å². The number of alkyl halides is 3. The van der Waals surface area contributed by atoms with Gasteiger partial charge in [-0.3, -0.25) is 0 Å². The summed E-state index contributed by atoms with van der Waals surface area (Å²) >= 11 is 0. The lowest BCUT2D eigenvalue weighted by Crippen LogP contribution is -2.32. The van der Waals surface area contributed by atoms with Gasteiger partial charge in [0, 0.05) is 13.1 Å². The second-order valence-corrected chi connectivity index (χ2v) is 5.83. The van der Waals surface area contributed by atoms with E-state index in [2.05, 4.69) is 4.98 Å². The number of nitrogen functional groups attached to an aromatic ring is 1. The zero-order valence-corrected chi connectivity index (χ0v) is 12.3. The molecular weight excluding hydrogens is 267 g/mol. The van der Waals surface area contributed by atoms with Gasteiger partial charge in [0.05, 0.1) is 5.56 Å². The van der Waals surface area contributed by atoms with Crippen LogP contribution < -0.4 is 10.6 Å². The Balaban J connectivity index is 3.15. The lowest BCUT2D eigenvalue weighted by molar-refractivity contribution is -0.137. The zero-order chi connectivity index (χ0) is 15.5. The number of nitrogens with zero attached hydrogens (tertiary/aromatic N) is 2. The Morgan fingerprint density at radius 2 is 1.60 bits per heavy atom. The second-order valence-electron chi connectivity index (χ2n) is 5.83. The van der Waals surface area contributed by atoms with E-state index in [4.69, 9.17) is 5.73 Å². The van der Waals surface area contributed by atoms with E-state index >= 15 is 0 Å². The van der Waals surface area contributed by atoms with E-state index in [1.807, 2.05) is 32.6 Å². The number of hydrogen-bond donors (Lipinski definition) is 1. The highest BCUT2D eigenvalue weighted by Gasteiger charge is 2.32. The molecule has 0 aliphatic carbocycles. The Hall–Kier alpha value is -1.46. The third-order valence-electron chi connectivity index (χ3n) is 2.65. The van der Waals surface area contributed by atoms with Crippen LogP contribution in [0.5, 0.6) is 0 Å². The lowest BCUT2D eigenvalue weighted by atomic mass is 10.1. The standard InChI is InChI=1S/C14H22F3N3/c1-9(2)7-20(8-10(3)4)13-6-11(14(15,16)17)5-12(18)19-13/h5-6,9-10H,7-8H2,1-4H3,(H2,18,19). The Bertz CT molecular complexity index is 432. The zero-order valence-electron chi connectivity index (χ0n) is 12.3. The summed E-state index contributed by atoms with van der Waals surface area (Å²) in [5.41, 5.74) is 4.77. The quantitative estimate of drug-likeness (QED) is 0.896. The molecule has 2 N–H and O–H groups in total. The molecule has 0 unspecified atom stereocenters. The second kappa shape index (κ2) is 6.33. The number of hydrogen-bond acceptors (Lipinski definition) is 3. The maximum Gasteiger partial charge on any atom is 0.416 e. The SMILES string of the molecule is CC(C)CN(CC(C)C)c1cc(C(F)(F)F)cc(N)n1. The maximum atomic E-state index is 12.8. The Morgan fingerprint density at radius 3 is 2.00 bits per heavy atom. The molecule has 1 rings (SSSR count). The number of rotatable bonds is 5. The van der Waals surface area contributed by atoms with Gasteiger partial charge in [0.15, 0.2) is 0 Å². The van der Waals surface area contributed by atoms with E-state index < -0.39 is 11.7 Å². The highest BCUT2D eigenvalue weighted by molar-refractivity contribution is 5.49. The van der Waals surface area contributed by atoms with Gasteiger partial charge in [0.2, 0.25) is 0 Å². The van der Waals surface area contributed by atoms with Crippen molar-refractivity contribution < 1.29 is 13.2 Å². The highest BCUT2D eigenvalue weighted by Crippen LogP contribution is 2.32. The first-order chi connectivity index (χ1) is 9.09. The molecule has 0 amide bonds. The maximum absolute atomic E-state index is 12.8. The molecule has 20 heavy (non-hydrogen) atoms. The molecule has 0 atom stereocenters. The molecule has 1 heterocycles. The smallest absolute Gasteiger partial charge is 0.384 e. The van der Waals surface area contributed by atoms with Crippen LogP contribution in [0.3, 0.4) is 0 Å². The third kappa shape index (κ3) is 4.90. The minimum atomic E-state index is -4.41. The van der Waals surface area contributed by atoms with E-state index in [-0.39, 0.29) is 5.82 Å². The Morgan fingerprint density at radius 1 is 1.10 bits per heavy atom. The minimum Gasteiger partial charge on any atom is -0.384 e. The fourth-order valence-corrected chi connectivity index (χ4v) is 2.01. The topological polar surface area (TPSA) is 42.1 Å². The van der Waals surface area contributed by atoms with Crippen LogP contribution in [-0.2, 0) is 6.18 Å². The molecule has 3 nitrogen and oxygen atoms in total. The average molecular weight is 289 g/mol. The van der Waals surface area contributed by atoms with Crippen molar-refractivity contribution in [1.82, 2.24) is 4.98 Å². The minimum absolute atomic E-state index is 0.104. The normalized spacial score (nSPS) is 12.2. The Kier molecular flexibility index (Phi) is 5.25. The molecule has 0 saturated carbocycles. The molecule has 0 spiro atoms. The van der Waals surface area contributed by atoms with E-state index in [1.54, 1.807) is 0 Å². The molecule has 1 aromatic heterocycles. The van der Waals surface area contributed by atoms with Crippen LogP contribution in [-0.4, -0.2) is 18.1 Å². The van der Waals surface area contributed by atoms with Gasteiger partial charge in [-0.25, -0.2) is 4.98 Å². The first-order valence-corrected chi connectivity index (χ1v) is 6.69. The van der Waals surface area contributed by atoms with Gasteiger partial charge in [-0.2, -0.15) is 13.2 Å². The van der Waals surface area contributed by atoms with Crippen molar-refractivity contribution in [2.45, 2.75) is 33.9 Å². The van der Waals surface area contributed by atoms with Gasteiger partial charge in [-0.1, -0.05) is 27.7 Å². The van der Waals surface area contributed by atoms with Crippen molar-refractivity contribution in [3.63, 3.8) is 0 Å². The molecule has 0 fully saturated rings. The van der Waals surface area contributed by atoms with Crippen LogP contribution >= 0.6 is 0 Å². The van der Waals surface area contributed by atoms with Crippen LogP contribution in [0.15, 0.2) is 12.1 Å². The molecule has 0 aliphatic rings. The molecule has 0 aliphatic heterocycles. The summed E-state index contributed by atoms with van der Waals surface area (Å²) in [6, 6.07) is 1.94. The summed E-state index contributed by atoms with van der Waals surface area (Å²) < 4.78 is 38.5. The van der Waals surface area contributed by atoms with Gasteiger partial charge in [0.1, 0.15) is 11.6 Å². The van der Waals surface area contributed by atoms with Crippen molar-refractivity contribution >= 4 is 11.6 Å². The van der Waals surface area contributed by atoms with Crippen molar-refractivity contribution in [2.24, 2.45) is 11.8 Å². The predicted octanol–water partition coefficient (Wildman–Crippen LogP) is 3.80. The average Bonchev–Trinajstić information content (AvgIpc) is 2.24. The summed E-state index contributed by atoms with van der Waals surface area (Å²) in [5, 5.41) is 0. The van der Waals surface area contributed by atoms with Crippen LogP contribution in [0.2, 0.25) is 0 Å². The van der Waals surface area contributed by atoms with Gasteiger partial charge in [-0.15, -0.1) is 0 Å². The van der Waals surface area contributed by atoms with Crippen molar-refractivity contribution in [3.8, 4) is 0 Å². The number of pyridine rings is 1. The fourth-order valence-electron chi connectivity index (χ4n) is 2.01. The molecule has 6 heteroatoms. The van der Waals surface area contributed by atoms with E-state index in [0.29, 0.717) is 30.7 Å². The highest BCUT2D eigenvalue weighted by atomic mass is 19.4. The first-order valence-electron chi connectivity index (χ1n) is 6.69. The molecular formula is C14H22F3N3. The molecule has 114 valence electrons. The molecule has 0 saturated heterocycles. The van der Waals surface area contributed by atoms with Gasteiger partial charge in [-0.05, 0) is 24.0 Å². The third-order valence-corrected chi connectivity index (χ3v) is 2.65. The number of anilines is 2. The lowest BCUT2D eigenvalue weighted by Gasteiger charge is -2.28. The van der Waals surface area contributed by atoms with Crippen molar-refractivity contribution in [1.29, 1.82) is 0 Å². The molecule has 0 radical (unpaired) electrons. The van der Waals surface area contributed by atoms with E-state index in [1.165, 1.54) is 0 Å². The van der Waals surface area contributed by atoms with Crippen LogP contribution in [0.1, 0.15) is 33.3 Å². The largest absolute Gasteiger partial charge is 0.416 e. The fraction of sp³-hybridized carbons (Fsp3) is 0.643. The van der Waals surface area contributed by atoms with Crippen LogP contribution in [0.25, 0.3) is 0 Å². The molecule has 0 bridgehead atoms. The van der Waals surface area contributed by atoms with Gasteiger partial charge < -0.3 is 10.6 Å². The first kappa shape index (κ1) is 16.6. The number of nitrogens with two attached hydrogens (primary N) is 1. The summed E-state index contributed by atoms with van der Waals surface area (Å²) in [4.78, 5) is 5.92. The molecule has 1 aromatic rings. The predicted molar refractivity (Wildman–Crippen MR) is 75.5 cm³/mol. The van der Waals surface area contributed by atoms with Crippen molar-refractivity contribution in [2.75, 3.05) is 23.7 Å².